The monoisotopic (exact) mass is 273 g/mol. The van der Waals surface area contributed by atoms with Crippen molar-refractivity contribution in [3.8, 4) is 0 Å². The molecule has 0 rings (SSSR count). The maximum absolute atomic E-state index is 11.8. The van der Waals surface area contributed by atoms with Gasteiger partial charge in [-0.3, -0.25) is 4.79 Å². The molecule has 2 nitrogen and oxygen atoms in total. The minimum atomic E-state index is -0.179. The second kappa shape index (κ2) is 7.60. The van der Waals surface area contributed by atoms with Crippen molar-refractivity contribution in [3.05, 3.63) is 0 Å². The van der Waals surface area contributed by atoms with Crippen LogP contribution in [0.25, 0.3) is 0 Å². The third-order valence-electron chi connectivity index (χ3n) is 3.39. The number of Topliss-reactive ketones (excluding diaryl/α,β-unsaturated/α-hetero) is 1. The number of unbranched alkanes of at least 4 members (excludes halogenated alkanes) is 1. The number of rotatable bonds is 7. The fourth-order valence-corrected chi connectivity index (χ4v) is 2.28. The lowest BCUT2D eigenvalue weighted by Crippen LogP contribution is -2.39. The van der Waals surface area contributed by atoms with Gasteiger partial charge in [-0.25, -0.2) is 0 Å². The summed E-state index contributed by atoms with van der Waals surface area (Å²) in [5.74, 6) is 0.383. The van der Waals surface area contributed by atoms with Crippen molar-refractivity contribution in [2.75, 3.05) is 6.29 Å². The van der Waals surface area contributed by atoms with Crippen LogP contribution in [0.3, 0.4) is 0 Å². The first kappa shape index (κ1) is 18.1. The molecule has 1 N–H and O–H groups in total. The Labute approximate surface area is 116 Å². The van der Waals surface area contributed by atoms with Gasteiger partial charge >= 0.3 is 0 Å². The summed E-state index contributed by atoms with van der Waals surface area (Å²) in [6.07, 6.45) is 4.95. The van der Waals surface area contributed by atoms with E-state index < -0.39 is 0 Å². The number of ketones is 1. The van der Waals surface area contributed by atoms with E-state index in [0.29, 0.717) is 11.8 Å². The zero-order valence-corrected chi connectivity index (χ0v) is 14.3. The van der Waals surface area contributed by atoms with Gasteiger partial charge < -0.3 is 5.32 Å². The van der Waals surface area contributed by atoms with Crippen LogP contribution in [0, 0.1) is 10.8 Å². The van der Waals surface area contributed by atoms with Crippen LogP contribution in [-0.2, 0) is 4.79 Å². The molecule has 0 aliphatic heterocycles. The normalized spacial score (nSPS) is 14.6. The molecule has 0 spiro atoms. The van der Waals surface area contributed by atoms with Gasteiger partial charge in [-0.05, 0) is 18.3 Å². The van der Waals surface area contributed by atoms with Crippen LogP contribution in [0.2, 0.25) is 0 Å². The van der Waals surface area contributed by atoms with Crippen molar-refractivity contribution in [1.29, 1.82) is 0 Å². The number of hydrogen-bond acceptors (Lipinski definition) is 2. The van der Waals surface area contributed by atoms with E-state index in [0.717, 1.165) is 32.0 Å². The van der Waals surface area contributed by atoms with Crippen LogP contribution in [0.5, 0.6) is 0 Å². The Balaban J connectivity index is 3.98. The third kappa shape index (κ3) is 7.48. The minimum absolute atomic E-state index is 0.179. The van der Waals surface area contributed by atoms with E-state index >= 15 is 0 Å². The Morgan fingerprint density at radius 3 is 2.06 bits per heavy atom. The number of carbonyl (C=O) groups excluding carboxylic acids is 1. The molecular formula is C15H32NOP. The molecule has 0 aromatic carbocycles. The highest BCUT2D eigenvalue weighted by molar-refractivity contribution is 7.16. The van der Waals surface area contributed by atoms with Gasteiger partial charge in [0.1, 0.15) is 5.78 Å². The summed E-state index contributed by atoms with van der Waals surface area (Å²) in [6, 6.07) is 0.528. The molecule has 0 fully saturated rings. The number of nitrogens with one attached hydrogen (secondary N) is 1. The first-order valence-corrected chi connectivity index (χ1v) is 7.87. The predicted molar refractivity (Wildman–Crippen MR) is 83.9 cm³/mol. The molecule has 0 aliphatic carbocycles. The molecule has 108 valence electrons. The van der Waals surface area contributed by atoms with Crippen molar-refractivity contribution < 1.29 is 4.79 Å². The zero-order valence-electron chi connectivity index (χ0n) is 13.1. The highest BCUT2D eigenvalue weighted by Gasteiger charge is 2.24. The van der Waals surface area contributed by atoms with E-state index in [9.17, 15) is 4.79 Å². The maximum atomic E-state index is 11.8. The third-order valence-corrected chi connectivity index (χ3v) is 3.63. The number of hydrogen-bond donors (Lipinski definition) is 1. The Bertz CT molecular complexity index is 250. The molecule has 0 aromatic heterocycles. The second-order valence-electron chi connectivity index (χ2n) is 7.25. The van der Waals surface area contributed by atoms with E-state index in [1.807, 2.05) is 20.8 Å². The zero-order chi connectivity index (χ0) is 14.4. The molecule has 2 unspecified atom stereocenters. The van der Waals surface area contributed by atoms with Gasteiger partial charge in [-0.15, -0.1) is 9.24 Å². The Kier molecular flexibility index (Phi) is 7.63. The highest BCUT2D eigenvalue weighted by Crippen LogP contribution is 2.25. The molecule has 0 aromatic rings. The fourth-order valence-electron chi connectivity index (χ4n) is 1.99. The first-order valence-electron chi connectivity index (χ1n) is 7.06. The SMILES string of the molecule is CC(C)(C)C(=O)CCCCC(NCP)C(C)(C)C. The van der Waals surface area contributed by atoms with Crippen molar-refractivity contribution in [2.45, 2.75) is 73.3 Å². The molecule has 0 saturated carbocycles. The average molecular weight is 273 g/mol. The molecule has 0 amide bonds. The predicted octanol–water partition coefficient (Wildman–Crippen LogP) is 4.00. The van der Waals surface area contributed by atoms with E-state index in [4.69, 9.17) is 0 Å². The maximum Gasteiger partial charge on any atom is 0.138 e. The molecule has 18 heavy (non-hydrogen) atoms. The fraction of sp³-hybridized carbons (Fsp3) is 0.933. The van der Waals surface area contributed by atoms with Crippen LogP contribution in [0.15, 0.2) is 0 Å². The quantitative estimate of drug-likeness (QED) is 0.561. The molecular weight excluding hydrogens is 241 g/mol. The second-order valence-corrected chi connectivity index (χ2v) is 7.65. The van der Waals surface area contributed by atoms with E-state index in [2.05, 4.69) is 35.3 Å². The van der Waals surface area contributed by atoms with Gasteiger partial charge in [-0.1, -0.05) is 48.0 Å². The molecule has 2 atom stereocenters. The largest absolute Gasteiger partial charge is 0.310 e. The van der Waals surface area contributed by atoms with Gasteiger partial charge in [0, 0.05) is 24.2 Å². The molecule has 0 radical (unpaired) electrons. The molecule has 0 saturated heterocycles. The first-order chi connectivity index (χ1) is 8.09. The summed E-state index contributed by atoms with van der Waals surface area (Å²) in [4.78, 5) is 11.8. The van der Waals surface area contributed by atoms with Crippen LogP contribution in [0.1, 0.15) is 67.2 Å². The number of carbonyl (C=O) groups is 1. The van der Waals surface area contributed by atoms with Gasteiger partial charge in [0.05, 0.1) is 0 Å². The van der Waals surface area contributed by atoms with E-state index in [-0.39, 0.29) is 10.8 Å². The van der Waals surface area contributed by atoms with Gasteiger partial charge in [0.2, 0.25) is 0 Å². The Morgan fingerprint density at radius 2 is 1.67 bits per heavy atom. The summed E-state index contributed by atoms with van der Waals surface area (Å²) in [5.41, 5.74) is 0.104. The molecule has 3 heteroatoms. The van der Waals surface area contributed by atoms with Crippen LogP contribution in [-0.4, -0.2) is 18.1 Å². The molecule has 0 heterocycles. The Hall–Kier alpha value is 0.0600. The van der Waals surface area contributed by atoms with Crippen LogP contribution in [0.4, 0.5) is 0 Å². The lowest BCUT2D eigenvalue weighted by Gasteiger charge is -2.31. The van der Waals surface area contributed by atoms with E-state index in [1.165, 1.54) is 0 Å². The summed E-state index contributed by atoms with van der Waals surface area (Å²) >= 11 is 0. The average Bonchev–Trinajstić information content (AvgIpc) is 2.19. The minimum Gasteiger partial charge on any atom is -0.310 e. The molecule has 0 bridgehead atoms. The van der Waals surface area contributed by atoms with Crippen LogP contribution < -0.4 is 5.32 Å². The Morgan fingerprint density at radius 1 is 1.11 bits per heavy atom. The van der Waals surface area contributed by atoms with Gasteiger partial charge in [0.15, 0.2) is 0 Å². The lowest BCUT2D eigenvalue weighted by atomic mass is 9.83. The van der Waals surface area contributed by atoms with Crippen molar-refractivity contribution >= 4 is 15.0 Å². The summed E-state index contributed by atoms with van der Waals surface area (Å²) in [7, 11) is 2.72. The lowest BCUT2D eigenvalue weighted by molar-refractivity contribution is -0.126. The summed E-state index contributed by atoms with van der Waals surface area (Å²) < 4.78 is 0. The summed E-state index contributed by atoms with van der Waals surface area (Å²) in [5, 5.41) is 3.52. The summed E-state index contributed by atoms with van der Waals surface area (Å²) in [6.45, 7) is 12.8. The smallest absolute Gasteiger partial charge is 0.138 e. The topological polar surface area (TPSA) is 29.1 Å². The van der Waals surface area contributed by atoms with Crippen molar-refractivity contribution in [1.82, 2.24) is 5.32 Å². The van der Waals surface area contributed by atoms with Gasteiger partial charge in [0.25, 0.3) is 0 Å². The van der Waals surface area contributed by atoms with Crippen molar-refractivity contribution in [2.24, 2.45) is 10.8 Å². The van der Waals surface area contributed by atoms with E-state index in [1.54, 1.807) is 0 Å². The van der Waals surface area contributed by atoms with Crippen molar-refractivity contribution in [3.63, 3.8) is 0 Å². The van der Waals surface area contributed by atoms with Gasteiger partial charge in [-0.2, -0.15) is 0 Å². The highest BCUT2D eigenvalue weighted by atomic mass is 31.0. The van der Waals surface area contributed by atoms with Crippen LogP contribution >= 0.6 is 9.24 Å². The standard InChI is InChI=1S/C15H32NOP/c1-14(2,3)12(16-11-18)9-7-8-10-13(17)15(4,5)6/h12,16H,7-11,18H2,1-6H3. The molecule has 0 aliphatic rings.